The lowest BCUT2D eigenvalue weighted by Gasteiger charge is -2.22. The van der Waals surface area contributed by atoms with Crippen LogP contribution in [0.15, 0.2) is 54.6 Å². The zero-order valence-electron chi connectivity index (χ0n) is 15.4. The van der Waals surface area contributed by atoms with E-state index in [-0.39, 0.29) is 0 Å². The molecule has 0 bridgehead atoms. The van der Waals surface area contributed by atoms with Gasteiger partial charge in [0.25, 0.3) is 0 Å². The number of benzene rings is 2. The van der Waals surface area contributed by atoms with Crippen molar-refractivity contribution in [3.8, 4) is 5.75 Å². The summed E-state index contributed by atoms with van der Waals surface area (Å²) in [5, 5.41) is 1.13. The number of para-hydroxylation sites is 1. The number of fused-ring (bicyclic) bond motifs is 1. The molecular weight excluding hydrogens is 320 g/mol. The van der Waals surface area contributed by atoms with Crippen molar-refractivity contribution >= 4 is 16.7 Å². The van der Waals surface area contributed by atoms with E-state index in [9.17, 15) is 0 Å². The van der Waals surface area contributed by atoms with Gasteiger partial charge in [-0.05, 0) is 43.5 Å². The lowest BCUT2D eigenvalue weighted by Crippen LogP contribution is -2.24. The molecule has 1 saturated heterocycles. The minimum Gasteiger partial charge on any atom is -0.487 e. The summed E-state index contributed by atoms with van der Waals surface area (Å²) in [7, 11) is 0. The number of aryl methyl sites for hydroxylation is 1. The molecule has 1 aliphatic heterocycles. The standard InChI is InChI=1S/C23H26N2O/c1-18-8-6-9-19(16-18)17-26-21-11-7-10-20-12-13-22(24-23(20)21)25-14-4-2-3-5-15-25/h6-13,16H,2-5,14-15,17H2,1H3. The van der Waals surface area contributed by atoms with Crippen molar-refractivity contribution in [2.24, 2.45) is 0 Å². The van der Waals surface area contributed by atoms with E-state index in [0.29, 0.717) is 6.61 Å². The van der Waals surface area contributed by atoms with Gasteiger partial charge in [-0.15, -0.1) is 0 Å². The van der Waals surface area contributed by atoms with Crippen LogP contribution >= 0.6 is 0 Å². The van der Waals surface area contributed by atoms with Gasteiger partial charge >= 0.3 is 0 Å². The van der Waals surface area contributed by atoms with E-state index in [1.807, 2.05) is 12.1 Å². The van der Waals surface area contributed by atoms with Crippen molar-refractivity contribution in [2.75, 3.05) is 18.0 Å². The molecule has 3 heteroatoms. The van der Waals surface area contributed by atoms with Gasteiger partial charge in [-0.25, -0.2) is 4.98 Å². The monoisotopic (exact) mass is 346 g/mol. The van der Waals surface area contributed by atoms with Gasteiger partial charge in [0.05, 0.1) is 0 Å². The second kappa shape index (κ2) is 7.77. The molecule has 0 spiro atoms. The van der Waals surface area contributed by atoms with Crippen molar-refractivity contribution in [3.63, 3.8) is 0 Å². The van der Waals surface area contributed by atoms with Crippen molar-refractivity contribution in [1.82, 2.24) is 4.98 Å². The quantitative estimate of drug-likeness (QED) is 0.623. The predicted molar refractivity (Wildman–Crippen MR) is 108 cm³/mol. The van der Waals surface area contributed by atoms with Crippen molar-refractivity contribution in [3.05, 3.63) is 65.7 Å². The number of aromatic nitrogens is 1. The van der Waals surface area contributed by atoms with Gasteiger partial charge in [-0.3, -0.25) is 0 Å². The lowest BCUT2D eigenvalue weighted by atomic mass is 10.1. The molecule has 134 valence electrons. The van der Waals surface area contributed by atoms with E-state index >= 15 is 0 Å². The summed E-state index contributed by atoms with van der Waals surface area (Å²) in [6.07, 6.45) is 5.17. The second-order valence-corrected chi connectivity index (χ2v) is 7.18. The summed E-state index contributed by atoms with van der Waals surface area (Å²) in [6, 6.07) is 18.9. The zero-order chi connectivity index (χ0) is 17.8. The van der Waals surface area contributed by atoms with Crippen LogP contribution in [0.3, 0.4) is 0 Å². The predicted octanol–water partition coefficient (Wildman–Crippen LogP) is 5.50. The molecule has 2 heterocycles. The highest BCUT2D eigenvalue weighted by Crippen LogP contribution is 2.28. The molecule has 0 saturated carbocycles. The van der Waals surface area contributed by atoms with Crippen LogP contribution in [0.5, 0.6) is 5.75 Å². The Labute approximate surface area is 155 Å². The fourth-order valence-electron chi connectivity index (χ4n) is 3.66. The topological polar surface area (TPSA) is 25.4 Å². The van der Waals surface area contributed by atoms with Crippen LogP contribution in [0.4, 0.5) is 5.82 Å². The molecule has 1 aliphatic rings. The summed E-state index contributed by atoms with van der Waals surface area (Å²) in [5.74, 6) is 1.94. The van der Waals surface area contributed by atoms with Gasteiger partial charge in [0, 0.05) is 18.5 Å². The molecule has 1 aromatic heterocycles. The molecular formula is C23H26N2O. The maximum atomic E-state index is 6.15. The smallest absolute Gasteiger partial charge is 0.146 e. The lowest BCUT2D eigenvalue weighted by molar-refractivity contribution is 0.309. The highest BCUT2D eigenvalue weighted by atomic mass is 16.5. The molecule has 0 aliphatic carbocycles. The van der Waals surface area contributed by atoms with Crippen LogP contribution in [0.2, 0.25) is 0 Å². The molecule has 0 radical (unpaired) electrons. The van der Waals surface area contributed by atoms with E-state index in [4.69, 9.17) is 9.72 Å². The minimum absolute atomic E-state index is 0.566. The molecule has 0 N–H and O–H groups in total. The first-order valence-corrected chi connectivity index (χ1v) is 9.63. The van der Waals surface area contributed by atoms with Crippen molar-refractivity contribution < 1.29 is 4.74 Å². The first kappa shape index (κ1) is 16.9. The van der Waals surface area contributed by atoms with Gasteiger partial charge in [-0.1, -0.05) is 54.8 Å². The minimum atomic E-state index is 0.566. The maximum absolute atomic E-state index is 6.15. The fourth-order valence-corrected chi connectivity index (χ4v) is 3.66. The molecule has 0 atom stereocenters. The molecule has 0 amide bonds. The molecule has 3 nitrogen and oxygen atoms in total. The third-order valence-corrected chi connectivity index (χ3v) is 5.08. The average molecular weight is 346 g/mol. The number of hydrogen-bond donors (Lipinski definition) is 0. The number of hydrogen-bond acceptors (Lipinski definition) is 3. The second-order valence-electron chi connectivity index (χ2n) is 7.18. The Bertz CT molecular complexity index is 882. The Morgan fingerprint density at radius 2 is 1.73 bits per heavy atom. The van der Waals surface area contributed by atoms with Gasteiger partial charge in [-0.2, -0.15) is 0 Å². The Kier molecular flexibility index (Phi) is 5.05. The highest BCUT2D eigenvalue weighted by Gasteiger charge is 2.13. The van der Waals surface area contributed by atoms with Gasteiger partial charge in [0.15, 0.2) is 0 Å². The Morgan fingerprint density at radius 1 is 0.923 bits per heavy atom. The van der Waals surface area contributed by atoms with Crippen LogP contribution in [-0.2, 0) is 6.61 Å². The van der Waals surface area contributed by atoms with E-state index < -0.39 is 0 Å². The van der Waals surface area contributed by atoms with E-state index in [1.165, 1.54) is 36.8 Å². The van der Waals surface area contributed by atoms with Crippen LogP contribution in [-0.4, -0.2) is 18.1 Å². The summed E-state index contributed by atoms with van der Waals surface area (Å²) in [5.41, 5.74) is 3.40. The number of nitrogens with zero attached hydrogens (tertiary/aromatic N) is 2. The molecule has 26 heavy (non-hydrogen) atoms. The Balaban J connectivity index is 1.60. The van der Waals surface area contributed by atoms with E-state index in [2.05, 4.69) is 54.3 Å². The van der Waals surface area contributed by atoms with Crippen LogP contribution in [0.1, 0.15) is 36.8 Å². The normalized spacial score (nSPS) is 15.0. The van der Waals surface area contributed by atoms with E-state index in [1.54, 1.807) is 0 Å². The maximum Gasteiger partial charge on any atom is 0.146 e. The van der Waals surface area contributed by atoms with Crippen molar-refractivity contribution in [2.45, 2.75) is 39.2 Å². The van der Waals surface area contributed by atoms with Crippen LogP contribution in [0, 0.1) is 6.92 Å². The van der Waals surface area contributed by atoms with Crippen LogP contribution in [0.25, 0.3) is 10.9 Å². The van der Waals surface area contributed by atoms with Crippen LogP contribution < -0.4 is 9.64 Å². The first-order chi connectivity index (χ1) is 12.8. The third kappa shape index (κ3) is 3.82. The average Bonchev–Trinajstić information content (AvgIpc) is 2.95. The summed E-state index contributed by atoms with van der Waals surface area (Å²) in [6.45, 7) is 4.88. The highest BCUT2D eigenvalue weighted by molar-refractivity contribution is 5.86. The van der Waals surface area contributed by atoms with Gasteiger partial charge < -0.3 is 9.64 Å². The number of anilines is 1. The summed E-state index contributed by atoms with van der Waals surface area (Å²) >= 11 is 0. The summed E-state index contributed by atoms with van der Waals surface area (Å²) in [4.78, 5) is 7.39. The van der Waals surface area contributed by atoms with E-state index in [0.717, 1.165) is 35.6 Å². The SMILES string of the molecule is Cc1cccc(COc2cccc3ccc(N4CCCCCC4)nc23)c1. The number of pyridine rings is 1. The Morgan fingerprint density at radius 3 is 2.54 bits per heavy atom. The zero-order valence-corrected chi connectivity index (χ0v) is 15.4. The molecule has 3 aromatic rings. The largest absolute Gasteiger partial charge is 0.487 e. The van der Waals surface area contributed by atoms with Gasteiger partial charge in [0.2, 0.25) is 0 Å². The Hall–Kier alpha value is -2.55. The van der Waals surface area contributed by atoms with Gasteiger partial charge in [0.1, 0.15) is 23.7 Å². The fraction of sp³-hybridized carbons (Fsp3) is 0.348. The number of rotatable bonds is 4. The molecule has 1 fully saturated rings. The first-order valence-electron chi connectivity index (χ1n) is 9.63. The molecule has 0 unspecified atom stereocenters. The van der Waals surface area contributed by atoms with Crippen molar-refractivity contribution in [1.29, 1.82) is 0 Å². The summed E-state index contributed by atoms with van der Waals surface area (Å²) < 4.78 is 6.15. The third-order valence-electron chi connectivity index (χ3n) is 5.08. The number of ether oxygens (including phenoxy) is 1. The molecule has 2 aromatic carbocycles. The molecule has 4 rings (SSSR count).